The first-order valence-corrected chi connectivity index (χ1v) is 8.31. The highest BCUT2D eigenvalue weighted by molar-refractivity contribution is 6.13. The van der Waals surface area contributed by atoms with Gasteiger partial charge in [-0.15, -0.1) is 0 Å². The zero-order valence-electron chi connectivity index (χ0n) is 15.5. The lowest BCUT2D eigenvalue weighted by Crippen LogP contribution is -2.62. The highest BCUT2D eigenvalue weighted by atomic mass is 19.4. The number of carbonyl (C=O) groups excluding carboxylic acids is 4. The van der Waals surface area contributed by atoms with Gasteiger partial charge in [-0.25, -0.2) is 9.59 Å². The van der Waals surface area contributed by atoms with Crippen molar-refractivity contribution in [3.63, 3.8) is 0 Å². The summed E-state index contributed by atoms with van der Waals surface area (Å²) in [5.74, 6) is -4.07. The van der Waals surface area contributed by atoms with Crippen LogP contribution < -0.4 is 5.32 Å². The fourth-order valence-electron chi connectivity index (χ4n) is 2.37. The predicted molar refractivity (Wildman–Crippen MR) is 90.2 cm³/mol. The van der Waals surface area contributed by atoms with Crippen molar-refractivity contribution in [1.82, 2.24) is 5.32 Å². The molecule has 1 rings (SSSR count). The van der Waals surface area contributed by atoms with E-state index < -0.39 is 47.3 Å². The molecule has 0 aliphatic rings. The number of amides is 1. The Bertz CT molecular complexity index is 725. The molecule has 7 nitrogen and oxygen atoms in total. The fraction of sp³-hybridized carbons (Fsp3) is 0.444. The summed E-state index contributed by atoms with van der Waals surface area (Å²) in [7, 11) is 0. The number of rotatable bonds is 8. The van der Waals surface area contributed by atoms with Crippen LogP contribution in [0.3, 0.4) is 0 Å². The number of Topliss-reactive ketones (excluding diaryl/α,β-unsaturated/α-hetero) is 1. The minimum absolute atomic E-state index is 0.145. The van der Waals surface area contributed by atoms with E-state index >= 15 is 0 Å². The first-order chi connectivity index (χ1) is 13.0. The summed E-state index contributed by atoms with van der Waals surface area (Å²) in [6.45, 7) is 3.65. The molecule has 1 amide bonds. The molecule has 0 bridgehead atoms. The van der Waals surface area contributed by atoms with Gasteiger partial charge in [0.05, 0.1) is 25.2 Å². The van der Waals surface area contributed by atoms with Crippen molar-refractivity contribution in [2.75, 3.05) is 13.2 Å². The molecule has 0 aromatic heterocycles. The molecule has 0 radical (unpaired) electrons. The van der Waals surface area contributed by atoms with Crippen molar-refractivity contribution in [2.45, 2.75) is 38.9 Å². The van der Waals surface area contributed by atoms with Crippen molar-refractivity contribution < 1.29 is 41.8 Å². The van der Waals surface area contributed by atoms with Crippen molar-refractivity contribution in [1.29, 1.82) is 0 Å². The summed E-state index contributed by atoms with van der Waals surface area (Å²) in [4.78, 5) is 49.0. The van der Waals surface area contributed by atoms with E-state index in [1.54, 1.807) is 0 Å². The molecule has 1 N–H and O–H groups in total. The molecule has 0 saturated carbocycles. The van der Waals surface area contributed by atoms with Gasteiger partial charge in [-0.05, 0) is 26.0 Å². The van der Waals surface area contributed by atoms with Gasteiger partial charge in [0.15, 0.2) is 5.78 Å². The molecule has 0 saturated heterocycles. The van der Waals surface area contributed by atoms with Crippen LogP contribution in [0.25, 0.3) is 0 Å². The summed E-state index contributed by atoms with van der Waals surface area (Å²) in [6.07, 6.45) is -5.47. The molecule has 0 aliphatic heterocycles. The lowest BCUT2D eigenvalue weighted by Gasteiger charge is -2.29. The first-order valence-electron chi connectivity index (χ1n) is 8.31. The number of ether oxygens (including phenoxy) is 2. The number of esters is 2. The molecule has 0 fully saturated rings. The zero-order valence-corrected chi connectivity index (χ0v) is 15.5. The van der Waals surface area contributed by atoms with E-state index in [0.717, 1.165) is 19.1 Å². The normalized spacial score (nSPS) is 11.5. The largest absolute Gasteiger partial charge is 0.464 e. The third-order valence-electron chi connectivity index (χ3n) is 3.60. The van der Waals surface area contributed by atoms with Crippen LogP contribution in [0.15, 0.2) is 24.3 Å². The van der Waals surface area contributed by atoms with Crippen LogP contribution >= 0.6 is 0 Å². The van der Waals surface area contributed by atoms with E-state index in [0.29, 0.717) is 12.1 Å². The maximum Gasteiger partial charge on any atom is 0.416 e. The fourth-order valence-corrected chi connectivity index (χ4v) is 2.37. The van der Waals surface area contributed by atoms with Gasteiger partial charge in [0, 0.05) is 12.5 Å². The second-order valence-electron chi connectivity index (χ2n) is 5.70. The van der Waals surface area contributed by atoms with Crippen molar-refractivity contribution in [2.24, 2.45) is 0 Å². The van der Waals surface area contributed by atoms with Gasteiger partial charge in [-0.3, -0.25) is 9.59 Å². The Morgan fingerprint density at radius 1 is 0.929 bits per heavy atom. The molecule has 0 heterocycles. The number of hydrogen-bond acceptors (Lipinski definition) is 6. The number of nitrogens with one attached hydrogen (secondary N) is 1. The van der Waals surface area contributed by atoms with Gasteiger partial charge in [0.2, 0.25) is 11.4 Å². The van der Waals surface area contributed by atoms with E-state index in [1.807, 2.05) is 0 Å². The Balaban J connectivity index is 3.29. The number of carbonyl (C=O) groups is 4. The van der Waals surface area contributed by atoms with Crippen molar-refractivity contribution >= 4 is 23.6 Å². The number of alkyl halides is 3. The molecule has 1 aromatic carbocycles. The lowest BCUT2D eigenvalue weighted by atomic mass is 9.89. The number of ketones is 1. The minimum atomic E-state index is -4.59. The maximum atomic E-state index is 12.7. The first kappa shape index (κ1) is 23.1. The Morgan fingerprint density at radius 3 is 1.75 bits per heavy atom. The van der Waals surface area contributed by atoms with E-state index in [1.165, 1.54) is 13.8 Å². The smallest absolute Gasteiger partial charge is 0.416 e. The van der Waals surface area contributed by atoms with Crippen LogP contribution in [0, 0.1) is 0 Å². The molecule has 1 aromatic rings. The average molecular weight is 403 g/mol. The van der Waals surface area contributed by atoms with E-state index in [-0.39, 0.29) is 18.8 Å². The van der Waals surface area contributed by atoms with Gasteiger partial charge in [-0.2, -0.15) is 13.2 Å². The third-order valence-corrected chi connectivity index (χ3v) is 3.60. The van der Waals surface area contributed by atoms with Gasteiger partial charge in [0.25, 0.3) is 0 Å². The Hall–Kier alpha value is -2.91. The van der Waals surface area contributed by atoms with Crippen LogP contribution in [0.4, 0.5) is 13.2 Å². The number of hydrogen-bond donors (Lipinski definition) is 1. The summed E-state index contributed by atoms with van der Waals surface area (Å²) < 4.78 is 47.6. The molecule has 0 unspecified atom stereocenters. The van der Waals surface area contributed by atoms with Gasteiger partial charge < -0.3 is 14.8 Å². The standard InChI is InChI=1S/C18H20F3NO6/c1-4-27-15(25)17(22-11(3)23,16(26)28-5-2)10-14(24)12-6-8-13(9-7-12)18(19,20)21/h6-9H,4-5,10H2,1-3H3,(H,22,23). The van der Waals surface area contributed by atoms with Crippen LogP contribution in [0.1, 0.15) is 43.1 Å². The predicted octanol–water partition coefficient (Wildman–Crippen LogP) is 2.28. The van der Waals surface area contributed by atoms with Crippen LogP contribution in [0.2, 0.25) is 0 Å². The third kappa shape index (κ3) is 5.54. The Morgan fingerprint density at radius 2 is 1.39 bits per heavy atom. The van der Waals surface area contributed by atoms with Crippen molar-refractivity contribution in [3.8, 4) is 0 Å². The molecular weight excluding hydrogens is 383 g/mol. The SMILES string of the molecule is CCOC(=O)C(CC(=O)c1ccc(C(F)(F)F)cc1)(NC(C)=O)C(=O)OCC. The number of halogens is 3. The van der Waals surface area contributed by atoms with E-state index in [4.69, 9.17) is 9.47 Å². The van der Waals surface area contributed by atoms with Crippen LogP contribution in [-0.2, 0) is 30.0 Å². The summed E-state index contributed by atoms with van der Waals surface area (Å²) in [5.41, 5.74) is -3.60. The quantitative estimate of drug-likeness (QED) is 0.406. The van der Waals surface area contributed by atoms with Crippen molar-refractivity contribution in [3.05, 3.63) is 35.4 Å². The van der Waals surface area contributed by atoms with E-state index in [9.17, 15) is 32.3 Å². The number of benzene rings is 1. The van der Waals surface area contributed by atoms with Gasteiger partial charge >= 0.3 is 18.1 Å². The second kappa shape index (κ2) is 9.34. The highest BCUT2D eigenvalue weighted by Gasteiger charge is 2.51. The van der Waals surface area contributed by atoms with E-state index in [2.05, 4.69) is 5.32 Å². The molecule has 0 spiro atoms. The molecule has 154 valence electrons. The molecule has 0 aliphatic carbocycles. The molecule has 0 atom stereocenters. The second-order valence-corrected chi connectivity index (χ2v) is 5.70. The molecular formula is C18H20F3NO6. The Labute approximate surface area is 159 Å². The highest BCUT2D eigenvalue weighted by Crippen LogP contribution is 2.29. The zero-order chi connectivity index (χ0) is 21.5. The monoisotopic (exact) mass is 403 g/mol. The van der Waals surface area contributed by atoms with Gasteiger partial charge in [-0.1, -0.05) is 12.1 Å². The van der Waals surface area contributed by atoms with Crippen LogP contribution in [-0.4, -0.2) is 42.4 Å². The Kier molecular flexibility index (Phi) is 7.71. The van der Waals surface area contributed by atoms with Gasteiger partial charge in [0.1, 0.15) is 0 Å². The minimum Gasteiger partial charge on any atom is -0.464 e. The summed E-state index contributed by atoms with van der Waals surface area (Å²) >= 11 is 0. The molecule has 10 heteroatoms. The summed E-state index contributed by atoms with van der Waals surface area (Å²) in [6, 6.07) is 3.23. The lowest BCUT2D eigenvalue weighted by molar-refractivity contribution is -0.167. The summed E-state index contributed by atoms with van der Waals surface area (Å²) in [5, 5.41) is 2.11. The van der Waals surface area contributed by atoms with Crippen LogP contribution in [0.5, 0.6) is 0 Å². The topological polar surface area (TPSA) is 98.8 Å². The maximum absolute atomic E-state index is 12.7. The molecule has 28 heavy (non-hydrogen) atoms. The average Bonchev–Trinajstić information content (AvgIpc) is 2.60.